The number of carboxylic acid groups (broad SMARTS) is 1. The van der Waals surface area contributed by atoms with Gasteiger partial charge >= 0.3 is 5.97 Å². The smallest absolute Gasteiger partial charge is 0.308 e. The van der Waals surface area contributed by atoms with E-state index in [1.807, 2.05) is 0 Å². The van der Waals surface area contributed by atoms with Crippen molar-refractivity contribution in [2.45, 2.75) is 38.6 Å². The number of nitrogens with one attached hydrogen (secondary N) is 1. The molecule has 2 unspecified atom stereocenters. The van der Waals surface area contributed by atoms with Crippen LogP contribution in [0.15, 0.2) is 0 Å². The molecule has 4 N–H and O–H groups in total. The Morgan fingerprint density at radius 1 is 1.50 bits per heavy atom. The molecule has 1 amide bonds. The summed E-state index contributed by atoms with van der Waals surface area (Å²) in [5.41, 5.74) is 5.80. The van der Waals surface area contributed by atoms with Gasteiger partial charge in [0.25, 0.3) is 0 Å². The fourth-order valence-electron chi connectivity index (χ4n) is 1.62. The van der Waals surface area contributed by atoms with E-state index >= 15 is 0 Å². The fourth-order valence-corrected chi connectivity index (χ4v) is 1.62. The first-order chi connectivity index (χ1) is 7.54. The Hall–Kier alpha value is -1.10. The molecule has 0 aromatic rings. The number of hydrogen-bond donors (Lipinski definition) is 3. The van der Waals surface area contributed by atoms with Gasteiger partial charge in [0.15, 0.2) is 0 Å². The van der Waals surface area contributed by atoms with Crippen molar-refractivity contribution in [2.75, 3.05) is 6.54 Å². The van der Waals surface area contributed by atoms with E-state index in [1.54, 1.807) is 6.92 Å². The second kappa shape index (κ2) is 5.84. The van der Waals surface area contributed by atoms with Gasteiger partial charge in [0.05, 0.1) is 5.92 Å². The summed E-state index contributed by atoms with van der Waals surface area (Å²) in [5, 5.41) is 11.4. The van der Waals surface area contributed by atoms with E-state index in [4.69, 9.17) is 10.8 Å². The van der Waals surface area contributed by atoms with Crippen LogP contribution in [-0.2, 0) is 9.59 Å². The molecule has 5 nitrogen and oxygen atoms in total. The molecule has 0 radical (unpaired) electrons. The first-order valence-corrected chi connectivity index (χ1v) is 5.79. The van der Waals surface area contributed by atoms with Gasteiger partial charge < -0.3 is 16.2 Å². The molecule has 1 aliphatic carbocycles. The molecule has 0 aromatic heterocycles. The van der Waals surface area contributed by atoms with Crippen LogP contribution >= 0.6 is 0 Å². The number of amides is 1. The van der Waals surface area contributed by atoms with E-state index in [0.29, 0.717) is 18.8 Å². The normalized spacial score (nSPS) is 18.9. The van der Waals surface area contributed by atoms with Crippen LogP contribution < -0.4 is 11.1 Å². The average Bonchev–Trinajstić information content (AvgIpc) is 3.00. The molecule has 1 aliphatic rings. The number of nitrogens with two attached hydrogens (primary N) is 1. The van der Waals surface area contributed by atoms with E-state index in [1.165, 1.54) is 0 Å². The van der Waals surface area contributed by atoms with Crippen LogP contribution in [-0.4, -0.2) is 29.6 Å². The first kappa shape index (κ1) is 13.0. The van der Waals surface area contributed by atoms with Crippen LogP contribution in [0.3, 0.4) is 0 Å². The second-order valence-corrected chi connectivity index (χ2v) is 4.45. The van der Waals surface area contributed by atoms with Crippen LogP contribution in [0.1, 0.15) is 32.6 Å². The van der Waals surface area contributed by atoms with Crippen LogP contribution in [0.25, 0.3) is 0 Å². The third-order valence-corrected chi connectivity index (χ3v) is 3.04. The third kappa shape index (κ3) is 4.18. The lowest BCUT2D eigenvalue weighted by atomic mass is 10.1. The van der Waals surface area contributed by atoms with Crippen molar-refractivity contribution >= 4 is 11.9 Å². The van der Waals surface area contributed by atoms with Crippen molar-refractivity contribution in [2.24, 2.45) is 17.6 Å². The van der Waals surface area contributed by atoms with Crippen molar-refractivity contribution in [3.8, 4) is 0 Å². The molecule has 1 rings (SSSR count). The maximum atomic E-state index is 11.4. The lowest BCUT2D eigenvalue weighted by molar-refractivity contribution is -0.141. The average molecular weight is 228 g/mol. The van der Waals surface area contributed by atoms with Gasteiger partial charge in [-0.3, -0.25) is 9.59 Å². The van der Waals surface area contributed by atoms with Gasteiger partial charge in [0, 0.05) is 19.0 Å². The molecule has 1 saturated carbocycles. The van der Waals surface area contributed by atoms with E-state index < -0.39 is 11.9 Å². The van der Waals surface area contributed by atoms with E-state index in [-0.39, 0.29) is 18.5 Å². The van der Waals surface area contributed by atoms with E-state index in [9.17, 15) is 9.59 Å². The zero-order valence-corrected chi connectivity index (χ0v) is 9.61. The van der Waals surface area contributed by atoms with Gasteiger partial charge in [-0.2, -0.15) is 0 Å². The zero-order chi connectivity index (χ0) is 12.1. The van der Waals surface area contributed by atoms with Crippen LogP contribution in [0.5, 0.6) is 0 Å². The Kier molecular flexibility index (Phi) is 4.73. The van der Waals surface area contributed by atoms with Crippen molar-refractivity contribution in [1.29, 1.82) is 0 Å². The fraction of sp³-hybridized carbons (Fsp3) is 0.818. The molecule has 16 heavy (non-hydrogen) atoms. The predicted octanol–water partition coefficient (Wildman–Crippen LogP) is 0.341. The minimum Gasteiger partial charge on any atom is -0.481 e. The SMILES string of the molecule is CCC(CNC(=O)CC(N)C1CC1)C(=O)O. The lowest BCUT2D eigenvalue weighted by Gasteiger charge is -2.13. The zero-order valence-electron chi connectivity index (χ0n) is 9.61. The standard InChI is InChI=1S/C11H20N2O3/c1-2-7(11(15)16)6-13-10(14)5-9(12)8-3-4-8/h7-9H,2-6,12H2,1H3,(H,13,14)(H,15,16). The number of carboxylic acids is 1. The summed E-state index contributed by atoms with van der Waals surface area (Å²) in [4.78, 5) is 22.2. The van der Waals surface area contributed by atoms with Crippen molar-refractivity contribution in [3.63, 3.8) is 0 Å². The molecule has 0 saturated heterocycles. The van der Waals surface area contributed by atoms with Gasteiger partial charge in [-0.05, 0) is 25.2 Å². The summed E-state index contributed by atoms with van der Waals surface area (Å²) in [6.07, 6.45) is 3.05. The number of carbonyl (C=O) groups is 2. The van der Waals surface area contributed by atoms with Crippen molar-refractivity contribution in [3.05, 3.63) is 0 Å². The Balaban J connectivity index is 2.20. The molecule has 92 valence electrons. The predicted molar refractivity (Wildman–Crippen MR) is 59.7 cm³/mol. The monoisotopic (exact) mass is 228 g/mol. The molecule has 0 bridgehead atoms. The van der Waals surface area contributed by atoms with Crippen molar-refractivity contribution < 1.29 is 14.7 Å². The molecule has 0 aliphatic heterocycles. The molecular formula is C11H20N2O3. The minimum absolute atomic E-state index is 0.0649. The molecular weight excluding hydrogens is 208 g/mol. The topological polar surface area (TPSA) is 92.4 Å². The maximum absolute atomic E-state index is 11.4. The Morgan fingerprint density at radius 3 is 2.56 bits per heavy atom. The Labute approximate surface area is 95.4 Å². The summed E-state index contributed by atoms with van der Waals surface area (Å²) in [6, 6.07) is -0.0649. The molecule has 5 heteroatoms. The Morgan fingerprint density at radius 2 is 2.12 bits per heavy atom. The minimum atomic E-state index is -0.866. The highest BCUT2D eigenvalue weighted by molar-refractivity contribution is 5.77. The summed E-state index contributed by atoms with van der Waals surface area (Å²) >= 11 is 0. The number of rotatable bonds is 7. The summed E-state index contributed by atoms with van der Waals surface area (Å²) in [7, 11) is 0. The maximum Gasteiger partial charge on any atom is 0.308 e. The van der Waals surface area contributed by atoms with Crippen LogP contribution in [0.2, 0.25) is 0 Å². The first-order valence-electron chi connectivity index (χ1n) is 5.79. The molecule has 1 fully saturated rings. The van der Waals surface area contributed by atoms with Gasteiger partial charge in [-0.15, -0.1) is 0 Å². The largest absolute Gasteiger partial charge is 0.481 e. The van der Waals surface area contributed by atoms with E-state index in [0.717, 1.165) is 12.8 Å². The quantitative estimate of drug-likeness (QED) is 0.586. The van der Waals surface area contributed by atoms with Gasteiger partial charge in [-0.25, -0.2) is 0 Å². The Bertz CT molecular complexity index is 264. The molecule has 2 atom stereocenters. The molecule has 0 spiro atoms. The van der Waals surface area contributed by atoms with Gasteiger partial charge in [0.2, 0.25) is 5.91 Å². The summed E-state index contributed by atoms with van der Waals surface area (Å²) < 4.78 is 0. The second-order valence-electron chi connectivity index (χ2n) is 4.45. The van der Waals surface area contributed by atoms with Crippen molar-refractivity contribution in [1.82, 2.24) is 5.32 Å². The number of aliphatic carboxylic acids is 1. The highest BCUT2D eigenvalue weighted by Crippen LogP contribution is 2.32. The van der Waals surface area contributed by atoms with Crippen LogP contribution in [0.4, 0.5) is 0 Å². The number of carbonyl (C=O) groups excluding carboxylic acids is 1. The molecule has 0 aromatic carbocycles. The highest BCUT2D eigenvalue weighted by Gasteiger charge is 2.29. The van der Waals surface area contributed by atoms with Gasteiger partial charge in [-0.1, -0.05) is 6.92 Å². The van der Waals surface area contributed by atoms with Crippen LogP contribution in [0, 0.1) is 11.8 Å². The van der Waals surface area contributed by atoms with Gasteiger partial charge in [0.1, 0.15) is 0 Å². The summed E-state index contributed by atoms with van der Waals surface area (Å²) in [6.45, 7) is 1.99. The highest BCUT2D eigenvalue weighted by atomic mass is 16.4. The summed E-state index contributed by atoms with van der Waals surface area (Å²) in [5.74, 6) is -1.01. The lowest BCUT2D eigenvalue weighted by Crippen LogP contribution is -2.37. The van der Waals surface area contributed by atoms with E-state index in [2.05, 4.69) is 5.32 Å². The third-order valence-electron chi connectivity index (χ3n) is 3.04. The number of hydrogen-bond acceptors (Lipinski definition) is 3. The molecule has 0 heterocycles.